The Balaban J connectivity index is 2.28. The number of nitrogens with two attached hydrogens (primary N) is 1. The fraction of sp³-hybridized carbons (Fsp3) is 0.750. The third kappa shape index (κ3) is 5.69. The quantitative estimate of drug-likeness (QED) is 0.680. The number of ether oxygens (including phenoxy) is 1. The van der Waals surface area contributed by atoms with Gasteiger partial charge in [-0.3, -0.25) is 0 Å². The van der Waals surface area contributed by atoms with Crippen LogP contribution in [-0.2, 0) is 0 Å². The molecular formula is C12H24N6O. The highest BCUT2D eigenvalue weighted by atomic mass is 16.5. The molecule has 0 atom stereocenters. The number of methoxy groups -OCH3 is 1. The van der Waals surface area contributed by atoms with Crippen LogP contribution in [0.1, 0.15) is 26.7 Å². The molecule has 0 aromatic carbocycles. The number of aromatic nitrogens is 3. The number of hydrogen-bond acceptors (Lipinski definition) is 7. The molecule has 1 aromatic heterocycles. The largest absolute Gasteiger partial charge is 0.467 e. The summed E-state index contributed by atoms with van der Waals surface area (Å²) >= 11 is 0. The van der Waals surface area contributed by atoms with Crippen LogP contribution < -0.4 is 15.8 Å². The minimum Gasteiger partial charge on any atom is -0.467 e. The molecule has 0 bridgehead atoms. The van der Waals surface area contributed by atoms with Crippen LogP contribution in [0.15, 0.2) is 0 Å². The molecule has 0 saturated heterocycles. The Kier molecular flexibility index (Phi) is 6.27. The Morgan fingerprint density at radius 3 is 2.63 bits per heavy atom. The number of anilines is 2. The van der Waals surface area contributed by atoms with Crippen LogP contribution in [-0.4, -0.2) is 53.1 Å². The molecule has 0 saturated carbocycles. The van der Waals surface area contributed by atoms with Crippen molar-refractivity contribution >= 4 is 11.9 Å². The van der Waals surface area contributed by atoms with Crippen molar-refractivity contribution in [3.05, 3.63) is 0 Å². The molecule has 0 radical (unpaired) electrons. The van der Waals surface area contributed by atoms with Crippen molar-refractivity contribution in [3.8, 4) is 6.01 Å². The minimum atomic E-state index is 0.161. The Labute approximate surface area is 114 Å². The zero-order valence-electron chi connectivity index (χ0n) is 12.2. The first kappa shape index (κ1) is 15.4. The summed E-state index contributed by atoms with van der Waals surface area (Å²) in [6.07, 6.45) is 2.17. The fourth-order valence-electron chi connectivity index (χ4n) is 1.49. The molecule has 0 aliphatic carbocycles. The van der Waals surface area contributed by atoms with Crippen molar-refractivity contribution in [1.82, 2.24) is 19.9 Å². The summed E-state index contributed by atoms with van der Waals surface area (Å²) in [6, 6.07) is 0.815. The first-order valence-corrected chi connectivity index (χ1v) is 6.52. The first-order valence-electron chi connectivity index (χ1n) is 6.52. The number of hydrogen-bond donors (Lipinski definition) is 2. The van der Waals surface area contributed by atoms with Crippen molar-refractivity contribution in [2.75, 3.05) is 38.3 Å². The zero-order chi connectivity index (χ0) is 14.3. The van der Waals surface area contributed by atoms with E-state index in [0.29, 0.717) is 12.0 Å². The summed E-state index contributed by atoms with van der Waals surface area (Å²) in [6.45, 7) is 6.27. The summed E-state index contributed by atoms with van der Waals surface area (Å²) < 4.78 is 4.93. The van der Waals surface area contributed by atoms with Crippen LogP contribution in [0.2, 0.25) is 0 Å². The number of nitrogen functional groups attached to an aromatic ring is 1. The second-order valence-electron chi connectivity index (χ2n) is 4.71. The van der Waals surface area contributed by atoms with Gasteiger partial charge in [-0.15, -0.1) is 0 Å². The van der Waals surface area contributed by atoms with Crippen molar-refractivity contribution in [1.29, 1.82) is 0 Å². The highest BCUT2D eigenvalue weighted by Crippen LogP contribution is 2.08. The van der Waals surface area contributed by atoms with Crippen molar-refractivity contribution in [3.63, 3.8) is 0 Å². The monoisotopic (exact) mass is 268 g/mol. The molecule has 0 spiro atoms. The van der Waals surface area contributed by atoms with Gasteiger partial charge in [-0.2, -0.15) is 15.0 Å². The lowest BCUT2D eigenvalue weighted by atomic mass is 10.2. The van der Waals surface area contributed by atoms with E-state index in [1.165, 1.54) is 7.11 Å². The average Bonchev–Trinajstić information content (AvgIpc) is 2.37. The lowest BCUT2D eigenvalue weighted by molar-refractivity contribution is 0.269. The maximum Gasteiger partial charge on any atom is 0.322 e. The van der Waals surface area contributed by atoms with Gasteiger partial charge in [0.1, 0.15) is 0 Å². The molecule has 1 aromatic rings. The SMILES string of the molecule is COc1nc(N)nc(NCCCCN(C)C(C)C)n1. The Hall–Kier alpha value is -1.63. The predicted molar refractivity (Wildman–Crippen MR) is 76.3 cm³/mol. The molecule has 1 rings (SSSR count). The summed E-state index contributed by atoms with van der Waals surface area (Å²) in [5.41, 5.74) is 5.55. The van der Waals surface area contributed by atoms with E-state index < -0.39 is 0 Å². The van der Waals surface area contributed by atoms with Gasteiger partial charge in [0.05, 0.1) is 7.11 Å². The van der Waals surface area contributed by atoms with Gasteiger partial charge in [0.2, 0.25) is 11.9 Å². The van der Waals surface area contributed by atoms with Gasteiger partial charge in [-0.1, -0.05) is 0 Å². The Bertz CT molecular complexity index is 384. The van der Waals surface area contributed by atoms with E-state index in [1.807, 2.05) is 0 Å². The van der Waals surface area contributed by atoms with Gasteiger partial charge < -0.3 is 20.7 Å². The van der Waals surface area contributed by atoms with Gasteiger partial charge >= 0.3 is 6.01 Å². The molecule has 0 amide bonds. The highest BCUT2D eigenvalue weighted by molar-refractivity contribution is 5.32. The van der Waals surface area contributed by atoms with Gasteiger partial charge in [-0.05, 0) is 40.3 Å². The lowest BCUT2D eigenvalue weighted by Crippen LogP contribution is -2.27. The second kappa shape index (κ2) is 7.73. The van der Waals surface area contributed by atoms with Crippen LogP contribution in [0, 0.1) is 0 Å². The van der Waals surface area contributed by atoms with E-state index in [0.717, 1.165) is 25.9 Å². The maximum atomic E-state index is 5.55. The van der Waals surface area contributed by atoms with Crippen LogP contribution >= 0.6 is 0 Å². The first-order chi connectivity index (χ1) is 9.02. The highest BCUT2D eigenvalue weighted by Gasteiger charge is 2.04. The average molecular weight is 268 g/mol. The number of nitrogens with one attached hydrogen (secondary N) is 1. The van der Waals surface area contributed by atoms with Crippen LogP contribution in [0.25, 0.3) is 0 Å². The van der Waals surface area contributed by atoms with Crippen molar-refractivity contribution < 1.29 is 4.74 Å². The van der Waals surface area contributed by atoms with Gasteiger partial charge in [0, 0.05) is 12.6 Å². The molecule has 0 unspecified atom stereocenters. The number of unbranched alkanes of at least 4 members (excludes halogenated alkanes) is 1. The summed E-state index contributed by atoms with van der Waals surface area (Å²) in [5.74, 6) is 0.621. The zero-order valence-corrected chi connectivity index (χ0v) is 12.2. The third-order valence-electron chi connectivity index (χ3n) is 2.92. The van der Waals surface area contributed by atoms with Crippen LogP contribution in [0.5, 0.6) is 6.01 Å². The van der Waals surface area contributed by atoms with E-state index >= 15 is 0 Å². The van der Waals surface area contributed by atoms with E-state index in [1.54, 1.807) is 0 Å². The van der Waals surface area contributed by atoms with Gasteiger partial charge in [-0.25, -0.2) is 0 Å². The number of rotatable bonds is 8. The van der Waals surface area contributed by atoms with E-state index in [-0.39, 0.29) is 12.0 Å². The molecule has 7 nitrogen and oxygen atoms in total. The minimum absolute atomic E-state index is 0.161. The fourth-order valence-corrected chi connectivity index (χ4v) is 1.49. The maximum absolute atomic E-state index is 5.55. The molecule has 1 heterocycles. The molecule has 3 N–H and O–H groups in total. The number of nitrogens with zero attached hydrogens (tertiary/aromatic N) is 4. The van der Waals surface area contributed by atoms with E-state index in [4.69, 9.17) is 10.5 Å². The molecule has 0 aliphatic heterocycles. The summed E-state index contributed by atoms with van der Waals surface area (Å²) in [4.78, 5) is 14.2. The Morgan fingerprint density at radius 2 is 2.00 bits per heavy atom. The van der Waals surface area contributed by atoms with Crippen LogP contribution in [0.4, 0.5) is 11.9 Å². The molecular weight excluding hydrogens is 244 g/mol. The molecule has 0 aliphatic rings. The van der Waals surface area contributed by atoms with E-state index in [2.05, 4.69) is 46.1 Å². The van der Waals surface area contributed by atoms with Crippen molar-refractivity contribution in [2.24, 2.45) is 0 Å². The summed E-state index contributed by atoms with van der Waals surface area (Å²) in [5, 5.41) is 3.12. The standard InChI is InChI=1S/C12H24N6O/c1-9(2)18(3)8-6-5-7-14-11-15-10(13)16-12(17-11)19-4/h9H,5-8H2,1-4H3,(H3,13,14,15,16,17). The van der Waals surface area contributed by atoms with Gasteiger partial charge in [0.25, 0.3) is 0 Å². The lowest BCUT2D eigenvalue weighted by Gasteiger charge is -2.20. The normalized spacial score (nSPS) is 11.1. The predicted octanol–water partition coefficient (Wildman–Crippen LogP) is 0.995. The summed E-state index contributed by atoms with van der Waals surface area (Å²) in [7, 11) is 3.63. The van der Waals surface area contributed by atoms with Crippen LogP contribution in [0.3, 0.4) is 0 Å². The molecule has 7 heteroatoms. The molecule has 19 heavy (non-hydrogen) atoms. The topological polar surface area (TPSA) is 89.2 Å². The Morgan fingerprint density at radius 1 is 1.26 bits per heavy atom. The van der Waals surface area contributed by atoms with Crippen molar-refractivity contribution in [2.45, 2.75) is 32.7 Å². The second-order valence-corrected chi connectivity index (χ2v) is 4.71. The smallest absolute Gasteiger partial charge is 0.322 e. The third-order valence-corrected chi connectivity index (χ3v) is 2.92. The van der Waals surface area contributed by atoms with Gasteiger partial charge in [0.15, 0.2) is 0 Å². The van der Waals surface area contributed by atoms with E-state index in [9.17, 15) is 0 Å². The molecule has 108 valence electrons. The molecule has 0 fully saturated rings.